The molecule has 1 aliphatic rings. The Morgan fingerprint density at radius 1 is 1.32 bits per heavy atom. The number of hydrogen-bond acceptors (Lipinski definition) is 5. The van der Waals surface area contributed by atoms with Crippen LogP contribution < -0.4 is 0 Å². The van der Waals surface area contributed by atoms with Crippen molar-refractivity contribution >= 4 is 34.0 Å². The molecule has 3 nitrogen and oxygen atoms in total. The number of rotatable bonds is 3. The summed E-state index contributed by atoms with van der Waals surface area (Å²) in [5.41, 5.74) is -1.52. The van der Waals surface area contributed by atoms with Crippen LogP contribution >= 0.6 is 17.1 Å². The highest BCUT2D eigenvalue weighted by molar-refractivity contribution is 8.73. The third-order valence-electron chi connectivity index (χ3n) is 2.63. The minimum Gasteiger partial charge on any atom is -0.321 e. The highest BCUT2D eigenvalue weighted by Gasteiger charge is 2.35. The standard InChI is InChI=1S/C13H17O3PS2/c1-13(2)9-15-17(18,16-10-13)19-12(14)8-11-6-4-3-5-7-11/h3-7H,8-10H2,1-2H3. The van der Waals surface area contributed by atoms with Gasteiger partial charge in [0, 0.05) is 23.2 Å². The predicted octanol–water partition coefficient (Wildman–Crippen LogP) is 3.79. The lowest BCUT2D eigenvalue weighted by atomic mass is 9.97. The van der Waals surface area contributed by atoms with Crippen LogP contribution in [-0.2, 0) is 32.1 Å². The molecule has 1 saturated heterocycles. The molecule has 19 heavy (non-hydrogen) atoms. The number of hydrogen-bond donors (Lipinski definition) is 0. The molecule has 1 fully saturated rings. The Kier molecular flexibility index (Phi) is 4.85. The Bertz CT molecular complexity index is 488. The first kappa shape index (κ1) is 15.2. The van der Waals surface area contributed by atoms with Crippen molar-refractivity contribution in [2.75, 3.05) is 13.2 Å². The summed E-state index contributed by atoms with van der Waals surface area (Å²) >= 11 is 6.42. The molecular weight excluding hydrogens is 299 g/mol. The molecule has 0 N–H and O–H groups in total. The van der Waals surface area contributed by atoms with Gasteiger partial charge in [-0.3, -0.25) is 4.79 Å². The van der Waals surface area contributed by atoms with E-state index in [1.807, 2.05) is 30.3 Å². The van der Waals surface area contributed by atoms with Crippen molar-refractivity contribution in [2.24, 2.45) is 5.41 Å². The Morgan fingerprint density at radius 3 is 2.47 bits per heavy atom. The number of carbonyl (C=O) groups excluding carboxylic acids is 1. The second kappa shape index (κ2) is 6.06. The Balaban J connectivity index is 1.91. The normalized spacial score (nSPS) is 20.9. The quantitative estimate of drug-likeness (QED) is 0.793. The molecule has 0 atom stereocenters. The van der Waals surface area contributed by atoms with Gasteiger partial charge in [-0.15, -0.1) is 0 Å². The first-order valence-corrected chi connectivity index (χ1v) is 10.1. The van der Waals surface area contributed by atoms with Crippen LogP contribution in [0, 0.1) is 5.41 Å². The van der Waals surface area contributed by atoms with Gasteiger partial charge >= 0.3 is 0 Å². The van der Waals surface area contributed by atoms with Crippen molar-refractivity contribution in [3.8, 4) is 0 Å². The average molecular weight is 316 g/mol. The van der Waals surface area contributed by atoms with Crippen LogP contribution in [0.2, 0.25) is 0 Å². The third kappa shape index (κ3) is 4.69. The van der Waals surface area contributed by atoms with E-state index in [0.717, 1.165) is 16.9 Å². The predicted molar refractivity (Wildman–Crippen MR) is 82.7 cm³/mol. The number of benzene rings is 1. The van der Waals surface area contributed by atoms with Gasteiger partial charge in [0.25, 0.3) is 5.69 Å². The van der Waals surface area contributed by atoms with Gasteiger partial charge in [-0.25, -0.2) is 0 Å². The monoisotopic (exact) mass is 316 g/mol. The Hall–Kier alpha value is -0.190. The summed E-state index contributed by atoms with van der Waals surface area (Å²) in [6.45, 7) is 5.22. The van der Waals surface area contributed by atoms with Crippen LogP contribution in [0.25, 0.3) is 0 Å². The highest BCUT2D eigenvalue weighted by atomic mass is 32.9. The summed E-state index contributed by atoms with van der Waals surface area (Å²) in [6, 6.07) is 9.62. The fourth-order valence-corrected chi connectivity index (χ4v) is 5.87. The lowest BCUT2D eigenvalue weighted by Gasteiger charge is -2.35. The minimum atomic E-state index is -2.49. The molecule has 0 aliphatic carbocycles. The fourth-order valence-electron chi connectivity index (χ4n) is 1.56. The molecule has 6 heteroatoms. The van der Waals surface area contributed by atoms with Gasteiger partial charge in [-0.1, -0.05) is 44.2 Å². The molecule has 0 bridgehead atoms. The lowest BCUT2D eigenvalue weighted by Crippen LogP contribution is -2.28. The Labute approximate surface area is 123 Å². The molecule has 0 spiro atoms. The SMILES string of the molecule is CC1(C)COP(=S)(SC(=O)Cc2ccccc2)OC1. The molecule has 0 unspecified atom stereocenters. The molecule has 0 saturated carbocycles. The fraction of sp³-hybridized carbons (Fsp3) is 0.462. The molecule has 0 amide bonds. The smallest absolute Gasteiger partial charge is 0.254 e. The minimum absolute atomic E-state index is 0.00856. The first-order chi connectivity index (χ1) is 8.89. The van der Waals surface area contributed by atoms with E-state index in [1.54, 1.807) is 0 Å². The van der Waals surface area contributed by atoms with E-state index < -0.39 is 5.69 Å². The maximum absolute atomic E-state index is 12.0. The molecule has 2 rings (SSSR count). The van der Waals surface area contributed by atoms with Crippen molar-refractivity contribution in [3.63, 3.8) is 0 Å². The zero-order valence-electron chi connectivity index (χ0n) is 11.0. The van der Waals surface area contributed by atoms with E-state index in [9.17, 15) is 4.79 Å². The van der Waals surface area contributed by atoms with E-state index >= 15 is 0 Å². The summed E-state index contributed by atoms with van der Waals surface area (Å²) in [5.74, 6) is 0. The maximum Gasteiger partial charge on any atom is 0.254 e. The van der Waals surface area contributed by atoms with Gasteiger partial charge in [-0.2, -0.15) is 0 Å². The van der Waals surface area contributed by atoms with Crippen LogP contribution in [0.5, 0.6) is 0 Å². The van der Waals surface area contributed by atoms with E-state index in [0.29, 0.717) is 19.6 Å². The van der Waals surface area contributed by atoms with Gasteiger partial charge in [0.15, 0.2) is 0 Å². The molecular formula is C13H17O3PS2. The highest BCUT2D eigenvalue weighted by Crippen LogP contribution is 2.64. The van der Waals surface area contributed by atoms with Crippen molar-refractivity contribution in [3.05, 3.63) is 35.9 Å². The van der Waals surface area contributed by atoms with Crippen LogP contribution in [-0.4, -0.2) is 18.3 Å². The molecule has 1 aromatic rings. The van der Waals surface area contributed by atoms with Crippen LogP contribution in [0.1, 0.15) is 19.4 Å². The van der Waals surface area contributed by atoms with Crippen molar-refractivity contribution in [1.82, 2.24) is 0 Å². The second-order valence-electron chi connectivity index (χ2n) is 5.28. The molecule has 1 aliphatic heterocycles. The summed E-state index contributed by atoms with van der Waals surface area (Å²) in [6.07, 6.45) is 0.361. The van der Waals surface area contributed by atoms with Gasteiger partial charge in [0.05, 0.1) is 13.2 Å². The van der Waals surface area contributed by atoms with Gasteiger partial charge < -0.3 is 9.05 Å². The van der Waals surface area contributed by atoms with Gasteiger partial charge in [-0.05, 0) is 17.4 Å². The van der Waals surface area contributed by atoms with Gasteiger partial charge in [0.1, 0.15) is 0 Å². The summed E-state index contributed by atoms with van der Waals surface area (Å²) in [5, 5.41) is 0.00856. The van der Waals surface area contributed by atoms with Crippen molar-refractivity contribution in [2.45, 2.75) is 20.3 Å². The summed E-state index contributed by atoms with van der Waals surface area (Å²) in [4.78, 5) is 12.0. The molecule has 1 aromatic carbocycles. The van der Waals surface area contributed by atoms with E-state index in [1.165, 1.54) is 0 Å². The van der Waals surface area contributed by atoms with Crippen molar-refractivity contribution in [1.29, 1.82) is 0 Å². The lowest BCUT2D eigenvalue weighted by molar-refractivity contribution is -0.110. The Morgan fingerprint density at radius 2 is 1.89 bits per heavy atom. The van der Waals surface area contributed by atoms with E-state index in [4.69, 9.17) is 20.9 Å². The van der Waals surface area contributed by atoms with Crippen LogP contribution in [0.15, 0.2) is 30.3 Å². The zero-order chi connectivity index (χ0) is 13.9. The summed E-state index contributed by atoms with van der Waals surface area (Å²) < 4.78 is 11.3. The van der Waals surface area contributed by atoms with Crippen LogP contribution in [0.4, 0.5) is 0 Å². The summed E-state index contributed by atoms with van der Waals surface area (Å²) in [7, 11) is 0. The molecule has 1 heterocycles. The first-order valence-electron chi connectivity index (χ1n) is 6.04. The van der Waals surface area contributed by atoms with E-state index in [2.05, 4.69) is 13.8 Å². The van der Waals surface area contributed by atoms with Gasteiger partial charge in [0.2, 0.25) is 5.12 Å². The maximum atomic E-state index is 12.0. The third-order valence-corrected chi connectivity index (χ3v) is 7.31. The number of carbonyl (C=O) groups is 1. The average Bonchev–Trinajstić information content (AvgIpc) is 2.35. The van der Waals surface area contributed by atoms with Crippen LogP contribution in [0.3, 0.4) is 0 Å². The largest absolute Gasteiger partial charge is 0.321 e. The zero-order valence-corrected chi connectivity index (χ0v) is 13.5. The molecule has 0 radical (unpaired) electrons. The van der Waals surface area contributed by atoms with Crippen molar-refractivity contribution < 1.29 is 13.8 Å². The second-order valence-corrected chi connectivity index (χ2v) is 11.5. The van der Waals surface area contributed by atoms with E-state index in [-0.39, 0.29) is 10.5 Å². The molecule has 104 valence electrons. The molecule has 0 aromatic heterocycles. The topological polar surface area (TPSA) is 35.5 Å².